The fourth-order valence-corrected chi connectivity index (χ4v) is 2.91. The molecule has 20 heavy (non-hydrogen) atoms. The van der Waals surface area contributed by atoms with Gasteiger partial charge >= 0.3 is 0 Å². The van der Waals surface area contributed by atoms with Gasteiger partial charge in [-0.1, -0.05) is 27.7 Å². The van der Waals surface area contributed by atoms with Gasteiger partial charge in [-0.3, -0.25) is 0 Å². The number of hydrogen-bond acceptors (Lipinski definition) is 4. The lowest BCUT2D eigenvalue weighted by molar-refractivity contribution is 0.0973. The van der Waals surface area contributed by atoms with E-state index in [1.54, 1.807) is 0 Å². The molecule has 0 bridgehead atoms. The molecule has 0 unspecified atom stereocenters. The Labute approximate surface area is 128 Å². The molecule has 0 spiro atoms. The molecule has 0 aliphatic carbocycles. The molecule has 0 amide bonds. The maximum atomic E-state index is 5.76. The summed E-state index contributed by atoms with van der Waals surface area (Å²) in [6, 6.07) is 4.40. The molecule has 0 fully saturated rings. The van der Waals surface area contributed by atoms with E-state index in [9.17, 15) is 0 Å². The molecule has 1 rings (SSSR count). The van der Waals surface area contributed by atoms with Crippen molar-refractivity contribution in [1.29, 1.82) is 0 Å². The second kappa shape index (κ2) is 10.3. The third kappa shape index (κ3) is 7.39. The first-order valence-corrected chi connectivity index (χ1v) is 8.55. The van der Waals surface area contributed by atoms with Gasteiger partial charge in [0.05, 0.1) is 13.2 Å². The van der Waals surface area contributed by atoms with E-state index < -0.39 is 0 Å². The summed E-state index contributed by atoms with van der Waals surface area (Å²) in [6.07, 6.45) is 0. The first-order valence-electron chi connectivity index (χ1n) is 7.74. The van der Waals surface area contributed by atoms with E-state index in [1.165, 1.54) is 9.75 Å². The molecule has 0 aromatic carbocycles. The van der Waals surface area contributed by atoms with Gasteiger partial charge in [0.25, 0.3) is 0 Å². The first kappa shape index (κ1) is 17.6. The molecule has 1 heterocycles. The van der Waals surface area contributed by atoms with Gasteiger partial charge in [-0.2, -0.15) is 0 Å². The fraction of sp³-hybridized carbons (Fsp3) is 0.750. The summed E-state index contributed by atoms with van der Waals surface area (Å²) in [5.41, 5.74) is 0. The second-order valence-electron chi connectivity index (χ2n) is 5.47. The monoisotopic (exact) mass is 298 g/mol. The summed E-state index contributed by atoms with van der Waals surface area (Å²) in [6.45, 7) is 15.7. The van der Waals surface area contributed by atoms with Crippen LogP contribution >= 0.6 is 11.3 Å². The molecule has 1 N–H and O–H groups in total. The predicted molar refractivity (Wildman–Crippen MR) is 88.3 cm³/mol. The van der Waals surface area contributed by atoms with Crippen LogP contribution in [0.5, 0.6) is 0 Å². The highest BCUT2D eigenvalue weighted by atomic mass is 32.1. The number of likely N-dealkylation sites (N-methyl/N-ethyl adjacent to an activating group) is 1. The van der Waals surface area contributed by atoms with Gasteiger partial charge in [-0.25, -0.2) is 0 Å². The van der Waals surface area contributed by atoms with Crippen molar-refractivity contribution in [2.45, 2.75) is 40.8 Å². The predicted octanol–water partition coefficient (Wildman–Crippen LogP) is 3.35. The van der Waals surface area contributed by atoms with Crippen molar-refractivity contribution in [2.24, 2.45) is 5.92 Å². The maximum Gasteiger partial charge on any atom is 0.0810 e. The van der Waals surface area contributed by atoms with E-state index in [0.717, 1.165) is 45.9 Å². The summed E-state index contributed by atoms with van der Waals surface area (Å²) in [4.78, 5) is 5.11. The Kier molecular flexibility index (Phi) is 9.10. The van der Waals surface area contributed by atoms with Crippen LogP contribution in [0.4, 0.5) is 0 Å². The molecule has 0 aliphatic rings. The van der Waals surface area contributed by atoms with Crippen LogP contribution in [0.2, 0.25) is 0 Å². The lowest BCUT2D eigenvalue weighted by Crippen LogP contribution is -2.26. The van der Waals surface area contributed by atoms with Gasteiger partial charge in [-0.15, -0.1) is 11.3 Å². The van der Waals surface area contributed by atoms with Crippen molar-refractivity contribution in [3.05, 3.63) is 21.9 Å². The normalized spacial score (nSPS) is 11.7. The Morgan fingerprint density at radius 1 is 1.20 bits per heavy atom. The summed E-state index contributed by atoms with van der Waals surface area (Å²) in [5.74, 6) is 0.706. The topological polar surface area (TPSA) is 24.5 Å². The number of nitrogens with zero attached hydrogens (tertiary/aromatic N) is 1. The second-order valence-corrected chi connectivity index (χ2v) is 6.73. The highest BCUT2D eigenvalue weighted by Crippen LogP contribution is 2.17. The number of nitrogens with one attached hydrogen (secondary N) is 1. The summed E-state index contributed by atoms with van der Waals surface area (Å²) in [5, 5.41) is 3.47. The van der Waals surface area contributed by atoms with Crippen LogP contribution in [-0.2, 0) is 17.9 Å². The standard InChI is InChI=1S/C16H30N2OS/c1-5-18(6-2)9-10-19-13-16-8-7-15(20-16)12-17-11-14(3)4/h7-8,14,17H,5-6,9-13H2,1-4H3. The van der Waals surface area contributed by atoms with Crippen LogP contribution in [0.15, 0.2) is 12.1 Å². The van der Waals surface area contributed by atoms with E-state index in [-0.39, 0.29) is 0 Å². The van der Waals surface area contributed by atoms with Crippen LogP contribution < -0.4 is 5.32 Å². The zero-order valence-corrected chi connectivity index (χ0v) is 14.3. The van der Waals surface area contributed by atoms with Gasteiger partial charge < -0.3 is 15.0 Å². The molecule has 1 aromatic rings. The molecule has 0 saturated heterocycles. The van der Waals surface area contributed by atoms with E-state index >= 15 is 0 Å². The molecule has 3 nitrogen and oxygen atoms in total. The van der Waals surface area contributed by atoms with Crippen molar-refractivity contribution in [3.63, 3.8) is 0 Å². The van der Waals surface area contributed by atoms with Crippen molar-refractivity contribution < 1.29 is 4.74 Å². The van der Waals surface area contributed by atoms with Gasteiger partial charge in [0.2, 0.25) is 0 Å². The Morgan fingerprint density at radius 2 is 1.90 bits per heavy atom. The highest BCUT2D eigenvalue weighted by Gasteiger charge is 2.02. The van der Waals surface area contributed by atoms with Gasteiger partial charge in [0.1, 0.15) is 0 Å². The third-order valence-corrected chi connectivity index (χ3v) is 4.32. The maximum absolute atomic E-state index is 5.76. The molecular formula is C16H30N2OS. The summed E-state index contributed by atoms with van der Waals surface area (Å²) in [7, 11) is 0. The zero-order chi connectivity index (χ0) is 14.8. The van der Waals surface area contributed by atoms with E-state index in [0.29, 0.717) is 5.92 Å². The first-order chi connectivity index (χ1) is 9.65. The number of hydrogen-bond donors (Lipinski definition) is 1. The number of ether oxygens (including phenoxy) is 1. The van der Waals surface area contributed by atoms with Crippen molar-refractivity contribution in [2.75, 3.05) is 32.8 Å². The Balaban J connectivity index is 2.17. The molecule has 0 atom stereocenters. The lowest BCUT2D eigenvalue weighted by Gasteiger charge is -2.17. The van der Waals surface area contributed by atoms with E-state index in [2.05, 4.69) is 50.0 Å². The Hall–Kier alpha value is -0.420. The van der Waals surface area contributed by atoms with Crippen LogP contribution in [0.25, 0.3) is 0 Å². The van der Waals surface area contributed by atoms with Crippen molar-refractivity contribution in [1.82, 2.24) is 10.2 Å². The molecule has 0 aliphatic heterocycles. The minimum atomic E-state index is 0.706. The molecule has 0 saturated carbocycles. The van der Waals surface area contributed by atoms with Crippen molar-refractivity contribution in [3.8, 4) is 0 Å². The van der Waals surface area contributed by atoms with Gasteiger partial charge in [-0.05, 0) is 37.7 Å². The van der Waals surface area contributed by atoms with E-state index in [1.807, 2.05) is 11.3 Å². The summed E-state index contributed by atoms with van der Waals surface area (Å²) >= 11 is 1.85. The minimum absolute atomic E-state index is 0.706. The Morgan fingerprint density at radius 3 is 2.55 bits per heavy atom. The SMILES string of the molecule is CCN(CC)CCOCc1ccc(CNCC(C)C)s1. The largest absolute Gasteiger partial charge is 0.375 e. The van der Waals surface area contributed by atoms with Crippen LogP contribution in [0.1, 0.15) is 37.4 Å². The lowest BCUT2D eigenvalue weighted by atomic mass is 10.2. The average Bonchev–Trinajstić information content (AvgIpc) is 2.86. The number of rotatable bonds is 11. The van der Waals surface area contributed by atoms with Crippen LogP contribution in [0, 0.1) is 5.92 Å². The van der Waals surface area contributed by atoms with Crippen LogP contribution in [0.3, 0.4) is 0 Å². The molecular weight excluding hydrogens is 268 g/mol. The fourth-order valence-electron chi connectivity index (χ4n) is 1.99. The van der Waals surface area contributed by atoms with Gasteiger partial charge in [0.15, 0.2) is 0 Å². The average molecular weight is 298 g/mol. The molecule has 0 radical (unpaired) electrons. The summed E-state index contributed by atoms with van der Waals surface area (Å²) < 4.78 is 5.76. The Bertz CT molecular complexity index is 348. The molecule has 1 aromatic heterocycles. The smallest absolute Gasteiger partial charge is 0.0810 e. The number of thiophene rings is 1. The highest BCUT2D eigenvalue weighted by molar-refractivity contribution is 7.11. The minimum Gasteiger partial charge on any atom is -0.375 e. The van der Waals surface area contributed by atoms with Crippen LogP contribution in [-0.4, -0.2) is 37.7 Å². The van der Waals surface area contributed by atoms with Crippen molar-refractivity contribution >= 4 is 11.3 Å². The zero-order valence-electron chi connectivity index (χ0n) is 13.4. The molecule has 116 valence electrons. The van der Waals surface area contributed by atoms with E-state index in [4.69, 9.17) is 4.74 Å². The van der Waals surface area contributed by atoms with Gasteiger partial charge in [0, 0.05) is 22.8 Å². The quantitative estimate of drug-likeness (QED) is 0.634. The molecule has 4 heteroatoms. The third-order valence-electron chi connectivity index (χ3n) is 3.26.